The molecule has 0 saturated heterocycles. The molecule has 0 radical (unpaired) electrons. The van der Waals surface area contributed by atoms with Gasteiger partial charge in [-0.3, -0.25) is 9.97 Å². The number of nitrogens with one attached hydrogen (secondary N) is 1. The molecule has 0 saturated carbocycles. The van der Waals surface area contributed by atoms with Gasteiger partial charge < -0.3 is 5.32 Å². The highest BCUT2D eigenvalue weighted by molar-refractivity contribution is 5.73. The Morgan fingerprint density at radius 1 is 0.950 bits per heavy atom. The largest absolute Gasteiger partial charge is 0.305 e. The Morgan fingerprint density at radius 3 is 2.65 bits per heavy atom. The molecule has 0 fully saturated rings. The second-order valence-electron chi connectivity index (χ2n) is 4.72. The number of rotatable bonds is 4. The second-order valence-corrected chi connectivity index (χ2v) is 4.72. The maximum absolute atomic E-state index is 4.58. The van der Waals surface area contributed by atoms with E-state index in [4.69, 9.17) is 0 Å². The summed E-state index contributed by atoms with van der Waals surface area (Å²) in [5, 5.41) is 3.36. The van der Waals surface area contributed by atoms with E-state index in [-0.39, 0.29) is 0 Å². The predicted octanol–water partition coefficient (Wildman–Crippen LogP) is 2.62. The third kappa shape index (κ3) is 2.81. The van der Waals surface area contributed by atoms with Crippen LogP contribution in [0.1, 0.15) is 17.0 Å². The summed E-state index contributed by atoms with van der Waals surface area (Å²) >= 11 is 0. The van der Waals surface area contributed by atoms with Crippen molar-refractivity contribution >= 4 is 11.0 Å². The molecule has 0 amide bonds. The number of benzene rings is 1. The summed E-state index contributed by atoms with van der Waals surface area (Å²) in [5.41, 5.74) is 5.07. The van der Waals surface area contributed by atoms with Crippen LogP contribution in [0.2, 0.25) is 0 Å². The molecular weight excluding hydrogens is 248 g/mol. The van der Waals surface area contributed by atoms with Crippen molar-refractivity contribution in [3.63, 3.8) is 0 Å². The van der Waals surface area contributed by atoms with Crippen LogP contribution in [-0.2, 0) is 13.1 Å². The van der Waals surface area contributed by atoms with Crippen molar-refractivity contribution < 1.29 is 0 Å². The Balaban J connectivity index is 1.67. The monoisotopic (exact) mass is 264 g/mol. The molecule has 3 aromatic rings. The van der Waals surface area contributed by atoms with Gasteiger partial charge in [0.25, 0.3) is 0 Å². The van der Waals surface area contributed by atoms with Crippen molar-refractivity contribution in [2.24, 2.45) is 0 Å². The standard InChI is InChI=1S/C16H16N4/c1-12-5-4-8-18-16(12)11-17-9-13-10-19-14-6-2-3-7-15(14)20-13/h2-8,10,17H,9,11H2,1H3. The molecule has 0 spiro atoms. The molecule has 2 aromatic heterocycles. The van der Waals surface area contributed by atoms with Gasteiger partial charge in [-0.15, -0.1) is 0 Å². The number of hydrogen-bond acceptors (Lipinski definition) is 4. The first kappa shape index (κ1) is 12.7. The van der Waals surface area contributed by atoms with Crippen LogP contribution < -0.4 is 5.32 Å². The highest BCUT2D eigenvalue weighted by Crippen LogP contribution is 2.08. The van der Waals surface area contributed by atoms with Crippen LogP contribution in [0.3, 0.4) is 0 Å². The Morgan fingerprint density at radius 2 is 1.80 bits per heavy atom. The SMILES string of the molecule is Cc1cccnc1CNCc1cnc2ccccc2n1. The summed E-state index contributed by atoms with van der Waals surface area (Å²) < 4.78 is 0. The molecule has 0 unspecified atom stereocenters. The smallest absolute Gasteiger partial charge is 0.0890 e. The minimum atomic E-state index is 0.688. The molecular formula is C16H16N4. The zero-order valence-corrected chi connectivity index (χ0v) is 11.4. The fraction of sp³-hybridized carbons (Fsp3) is 0.188. The first-order valence-corrected chi connectivity index (χ1v) is 6.65. The Labute approximate surface area is 117 Å². The lowest BCUT2D eigenvalue weighted by Crippen LogP contribution is -2.15. The van der Waals surface area contributed by atoms with Crippen LogP contribution in [0.5, 0.6) is 0 Å². The van der Waals surface area contributed by atoms with E-state index in [0.717, 1.165) is 29.0 Å². The van der Waals surface area contributed by atoms with Gasteiger partial charge in [0, 0.05) is 19.3 Å². The summed E-state index contributed by atoms with van der Waals surface area (Å²) in [6.07, 6.45) is 3.64. The minimum absolute atomic E-state index is 0.688. The van der Waals surface area contributed by atoms with Gasteiger partial charge in [0.1, 0.15) is 0 Å². The molecule has 20 heavy (non-hydrogen) atoms. The van der Waals surface area contributed by atoms with Gasteiger partial charge in [0.15, 0.2) is 0 Å². The first-order valence-electron chi connectivity index (χ1n) is 6.65. The third-order valence-corrected chi connectivity index (χ3v) is 3.21. The summed E-state index contributed by atoms with van der Waals surface area (Å²) in [6.45, 7) is 3.49. The van der Waals surface area contributed by atoms with E-state index in [9.17, 15) is 0 Å². The van der Waals surface area contributed by atoms with Gasteiger partial charge in [-0.2, -0.15) is 0 Å². The molecule has 2 heterocycles. The number of para-hydroxylation sites is 2. The molecule has 0 aliphatic rings. The van der Waals surface area contributed by atoms with Crippen LogP contribution in [0.15, 0.2) is 48.8 Å². The van der Waals surface area contributed by atoms with Crippen molar-refractivity contribution in [3.05, 3.63) is 65.7 Å². The van der Waals surface area contributed by atoms with E-state index in [1.165, 1.54) is 5.56 Å². The van der Waals surface area contributed by atoms with E-state index in [0.29, 0.717) is 6.54 Å². The van der Waals surface area contributed by atoms with E-state index < -0.39 is 0 Å². The lowest BCUT2D eigenvalue weighted by molar-refractivity contribution is 0.664. The van der Waals surface area contributed by atoms with Crippen LogP contribution in [-0.4, -0.2) is 15.0 Å². The highest BCUT2D eigenvalue weighted by atomic mass is 14.9. The number of aryl methyl sites for hydroxylation is 1. The third-order valence-electron chi connectivity index (χ3n) is 3.21. The van der Waals surface area contributed by atoms with Crippen molar-refractivity contribution in [2.45, 2.75) is 20.0 Å². The van der Waals surface area contributed by atoms with Gasteiger partial charge >= 0.3 is 0 Å². The molecule has 100 valence electrons. The average Bonchev–Trinajstić information content (AvgIpc) is 2.49. The van der Waals surface area contributed by atoms with E-state index in [1.54, 1.807) is 0 Å². The molecule has 0 aliphatic carbocycles. The average molecular weight is 264 g/mol. The molecule has 0 atom stereocenters. The molecule has 3 rings (SSSR count). The summed E-state index contributed by atoms with van der Waals surface area (Å²) in [7, 11) is 0. The second kappa shape index (κ2) is 5.75. The zero-order valence-electron chi connectivity index (χ0n) is 11.4. The zero-order chi connectivity index (χ0) is 13.8. The molecule has 0 bridgehead atoms. The summed E-state index contributed by atoms with van der Waals surface area (Å²) in [4.78, 5) is 13.4. The lowest BCUT2D eigenvalue weighted by atomic mass is 10.2. The van der Waals surface area contributed by atoms with Gasteiger partial charge in [0.2, 0.25) is 0 Å². The molecule has 1 N–H and O–H groups in total. The van der Waals surface area contributed by atoms with Gasteiger partial charge in [-0.1, -0.05) is 18.2 Å². The molecule has 0 aliphatic heterocycles. The fourth-order valence-electron chi connectivity index (χ4n) is 2.09. The number of aromatic nitrogens is 3. The number of pyridine rings is 1. The van der Waals surface area contributed by atoms with Crippen molar-refractivity contribution in [1.82, 2.24) is 20.3 Å². The van der Waals surface area contributed by atoms with Crippen LogP contribution >= 0.6 is 0 Å². The number of hydrogen-bond donors (Lipinski definition) is 1. The van der Waals surface area contributed by atoms with Gasteiger partial charge in [-0.05, 0) is 30.7 Å². The normalized spacial score (nSPS) is 10.8. The summed E-state index contributed by atoms with van der Waals surface area (Å²) in [5.74, 6) is 0. The van der Waals surface area contributed by atoms with Crippen molar-refractivity contribution in [1.29, 1.82) is 0 Å². The quantitative estimate of drug-likeness (QED) is 0.787. The fourth-order valence-corrected chi connectivity index (χ4v) is 2.09. The lowest BCUT2D eigenvalue weighted by Gasteiger charge is -2.06. The first-order chi connectivity index (χ1) is 9.83. The molecule has 4 heteroatoms. The number of nitrogens with zero attached hydrogens (tertiary/aromatic N) is 3. The van der Waals surface area contributed by atoms with E-state index >= 15 is 0 Å². The summed E-state index contributed by atoms with van der Waals surface area (Å²) in [6, 6.07) is 11.9. The maximum atomic E-state index is 4.58. The van der Waals surface area contributed by atoms with Gasteiger partial charge in [0.05, 0.1) is 28.6 Å². The highest BCUT2D eigenvalue weighted by Gasteiger charge is 2.01. The van der Waals surface area contributed by atoms with E-state index in [1.807, 2.05) is 42.7 Å². The minimum Gasteiger partial charge on any atom is -0.305 e. The Hall–Kier alpha value is -2.33. The van der Waals surface area contributed by atoms with Crippen LogP contribution in [0.4, 0.5) is 0 Å². The van der Waals surface area contributed by atoms with Crippen LogP contribution in [0, 0.1) is 6.92 Å². The van der Waals surface area contributed by atoms with Crippen LogP contribution in [0.25, 0.3) is 11.0 Å². The number of fused-ring (bicyclic) bond motifs is 1. The van der Waals surface area contributed by atoms with Gasteiger partial charge in [-0.25, -0.2) is 4.98 Å². The molecule has 1 aromatic carbocycles. The molecule has 4 nitrogen and oxygen atoms in total. The Kier molecular flexibility index (Phi) is 3.65. The maximum Gasteiger partial charge on any atom is 0.0890 e. The predicted molar refractivity (Wildman–Crippen MR) is 79.1 cm³/mol. The topological polar surface area (TPSA) is 50.7 Å². The van der Waals surface area contributed by atoms with Crippen molar-refractivity contribution in [3.8, 4) is 0 Å². The Bertz CT molecular complexity index is 724. The van der Waals surface area contributed by atoms with Crippen molar-refractivity contribution in [2.75, 3.05) is 0 Å². The van der Waals surface area contributed by atoms with E-state index in [2.05, 4.69) is 33.3 Å².